The number of amides is 2. The fraction of sp³-hybridized carbons (Fsp3) is 0.481. The quantitative estimate of drug-likeness (QED) is 0.486. The zero-order chi connectivity index (χ0) is 24.2. The molecule has 1 atom stereocenters. The maximum absolute atomic E-state index is 13.4. The van der Waals surface area contributed by atoms with Crippen LogP contribution in [0.2, 0.25) is 0 Å². The molecule has 4 bridgehead atoms. The number of pyridine rings is 1. The first kappa shape index (κ1) is 22.1. The lowest BCUT2D eigenvalue weighted by Crippen LogP contribution is -2.47. The maximum atomic E-state index is 13.4. The highest BCUT2D eigenvalue weighted by Gasteiger charge is 2.51. The van der Waals surface area contributed by atoms with E-state index in [1.165, 1.54) is 49.4 Å². The summed E-state index contributed by atoms with van der Waals surface area (Å²) in [5.74, 6) is 1.82. The lowest BCUT2D eigenvalue weighted by atomic mass is 9.49. The van der Waals surface area contributed by atoms with Gasteiger partial charge in [-0.05, 0) is 79.9 Å². The lowest BCUT2D eigenvalue weighted by molar-refractivity contribution is -0.124. The highest BCUT2D eigenvalue weighted by Crippen LogP contribution is 2.61. The van der Waals surface area contributed by atoms with Crippen molar-refractivity contribution < 1.29 is 9.59 Å². The molecule has 4 N–H and O–H groups in total. The summed E-state index contributed by atoms with van der Waals surface area (Å²) < 4.78 is 1.37. The first-order valence-corrected chi connectivity index (χ1v) is 12.6. The van der Waals surface area contributed by atoms with Crippen LogP contribution in [-0.2, 0) is 16.0 Å². The van der Waals surface area contributed by atoms with E-state index in [2.05, 4.69) is 15.3 Å². The van der Waals surface area contributed by atoms with Crippen LogP contribution in [0, 0.1) is 23.2 Å². The summed E-state index contributed by atoms with van der Waals surface area (Å²) in [6.07, 6.45) is 13.1. The molecule has 1 unspecified atom stereocenters. The van der Waals surface area contributed by atoms with Crippen LogP contribution in [0.1, 0.15) is 56.7 Å². The largest absolute Gasteiger partial charge is 0.368 e. The minimum Gasteiger partial charge on any atom is -0.368 e. The molecule has 4 aliphatic carbocycles. The highest BCUT2D eigenvalue weighted by atomic mass is 16.2. The molecule has 2 heterocycles. The highest BCUT2D eigenvalue weighted by molar-refractivity contribution is 6.02. The number of nitrogens with one attached hydrogen (secondary N) is 2. The number of rotatable bonds is 7. The molecule has 2 amide bonds. The molecule has 1 aromatic carbocycles. The van der Waals surface area contributed by atoms with Gasteiger partial charge in [0.2, 0.25) is 11.8 Å². The van der Waals surface area contributed by atoms with Gasteiger partial charge >= 0.3 is 0 Å². The number of nitrogens with two attached hydrogens (primary N) is 1. The van der Waals surface area contributed by atoms with Crippen molar-refractivity contribution in [3.05, 3.63) is 59.0 Å². The second-order valence-electron chi connectivity index (χ2n) is 11.1. The third kappa shape index (κ3) is 4.05. The molecule has 35 heavy (non-hydrogen) atoms. The van der Waals surface area contributed by atoms with E-state index in [0.29, 0.717) is 28.6 Å². The Morgan fingerprint density at radius 2 is 1.83 bits per heavy atom. The van der Waals surface area contributed by atoms with E-state index < -0.39 is 11.9 Å². The Kier molecular flexibility index (Phi) is 5.27. The number of carbonyl (C=O) groups excluding carboxylic acids is 2. The molecule has 0 spiro atoms. The molecule has 4 fully saturated rings. The van der Waals surface area contributed by atoms with Gasteiger partial charge in [-0.1, -0.05) is 6.07 Å². The monoisotopic (exact) mass is 473 g/mol. The van der Waals surface area contributed by atoms with Gasteiger partial charge in [0.05, 0.1) is 6.33 Å². The van der Waals surface area contributed by atoms with E-state index in [0.717, 1.165) is 17.8 Å². The fourth-order valence-electron chi connectivity index (χ4n) is 7.63. The number of fused-ring (bicyclic) bond motifs is 1. The summed E-state index contributed by atoms with van der Waals surface area (Å²) >= 11 is 0. The van der Waals surface area contributed by atoms with E-state index >= 15 is 0 Å². The van der Waals surface area contributed by atoms with Crippen LogP contribution in [0.5, 0.6) is 0 Å². The molecular formula is C27H31N5O3. The van der Waals surface area contributed by atoms with Gasteiger partial charge in [-0.2, -0.15) is 0 Å². The molecule has 182 valence electrons. The van der Waals surface area contributed by atoms with Crippen molar-refractivity contribution >= 4 is 28.3 Å². The molecule has 0 radical (unpaired) electrons. The van der Waals surface area contributed by atoms with Gasteiger partial charge in [-0.15, -0.1) is 0 Å². The van der Waals surface area contributed by atoms with Crippen molar-refractivity contribution in [1.29, 1.82) is 0 Å². The predicted octanol–water partition coefficient (Wildman–Crippen LogP) is 3.54. The second kappa shape index (κ2) is 8.36. The molecular weight excluding hydrogens is 442 g/mol. The number of H-pyrrole nitrogens is 1. The van der Waals surface area contributed by atoms with E-state index in [1.54, 1.807) is 30.6 Å². The first-order chi connectivity index (χ1) is 16.9. The number of aromatic amines is 1. The van der Waals surface area contributed by atoms with Gasteiger partial charge in [-0.25, -0.2) is 4.98 Å². The molecule has 3 aromatic rings. The third-order valence-corrected chi connectivity index (χ3v) is 8.58. The van der Waals surface area contributed by atoms with Crippen LogP contribution >= 0.6 is 0 Å². The zero-order valence-corrected chi connectivity index (χ0v) is 19.7. The number of carbonyl (C=O) groups is 2. The molecule has 0 saturated heterocycles. The molecule has 0 aliphatic heterocycles. The van der Waals surface area contributed by atoms with E-state index in [1.807, 2.05) is 6.07 Å². The predicted molar refractivity (Wildman–Crippen MR) is 133 cm³/mol. The van der Waals surface area contributed by atoms with E-state index in [4.69, 9.17) is 5.73 Å². The number of anilines is 1. The first-order valence-electron chi connectivity index (χ1n) is 12.6. The number of primary amides is 1. The minimum absolute atomic E-state index is 0.0258. The molecule has 8 heteroatoms. The maximum Gasteiger partial charge on any atom is 0.259 e. The van der Waals surface area contributed by atoms with Crippen molar-refractivity contribution in [1.82, 2.24) is 14.5 Å². The zero-order valence-electron chi connectivity index (χ0n) is 19.7. The third-order valence-electron chi connectivity index (χ3n) is 8.58. The molecule has 4 aliphatic rings. The topological polar surface area (TPSA) is 123 Å². The Balaban J connectivity index is 1.25. The molecule has 4 saturated carbocycles. The molecule has 8 nitrogen and oxygen atoms in total. The molecule has 2 aromatic heterocycles. The lowest BCUT2D eigenvalue weighted by Gasteiger charge is -2.56. The Morgan fingerprint density at radius 3 is 2.46 bits per heavy atom. The van der Waals surface area contributed by atoms with Gasteiger partial charge in [0.25, 0.3) is 5.56 Å². The minimum atomic E-state index is -0.846. The van der Waals surface area contributed by atoms with Crippen LogP contribution in [0.3, 0.4) is 0 Å². The van der Waals surface area contributed by atoms with Crippen molar-refractivity contribution in [2.45, 2.75) is 57.4 Å². The normalized spacial score (nSPS) is 27.7. The summed E-state index contributed by atoms with van der Waals surface area (Å²) in [6, 6.07) is 6.25. The number of benzene rings is 1. The number of aromatic nitrogens is 3. The van der Waals surface area contributed by atoms with Crippen LogP contribution in [-0.4, -0.2) is 26.3 Å². The Hall–Kier alpha value is -3.42. The number of hydrogen-bond donors (Lipinski definition) is 3. The fourth-order valence-corrected chi connectivity index (χ4v) is 7.63. The second-order valence-corrected chi connectivity index (χ2v) is 11.1. The van der Waals surface area contributed by atoms with Crippen LogP contribution in [0.4, 0.5) is 5.69 Å². The Labute approximate surface area is 203 Å². The van der Waals surface area contributed by atoms with Gasteiger partial charge in [0.1, 0.15) is 6.04 Å². The standard InChI is InChI=1S/C27H31N5O3/c28-25(34)23(9-19-14-29-15-30-19)32-5-4-20-21(26(32)35)2-1-3-22(20)31-24(33)13-27-10-16-6-17(11-27)8-18(7-16)12-27/h1-5,14-18,23H,6-13H2,(H2,28,34)(H,29,30)(H,31,33). The Bertz CT molecular complexity index is 1310. The average molecular weight is 474 g/mol. The van der Waals surface area contributed by atoms with Crippen molar-refractivity contribution in [2.75, 3.05) is 5.32 Å². The van der Waals surface area contributed by atoms with Crippen LogP contribution in [0.15, 0.2) is 47.8 Å². The number of imidazole rings is 1. The van der Waals surface area contributed by atoms with Gasteiger partial charge < -0.3 is 20.6 Å². The number of hydrogen-bond acceptors (Lipinski definition) is 4. The Morgan fingerprint density at radius 1 is 1.11 bits per heavy atom. The van der Waals surface area contributed by atoms with E-state index in [-0.39, 0.29) is 23.3 Å². The summed E-state index contributed by atoms with van der Waals surface area (Å²) in [6.45, 7) is 0. The smallest absolute Gasteiger partial charge is 0.259 e. The van der Waals surface area contributed by atoms with Gasteiger partial charge in [-0.3, -0.25) is 14.4 Å². The van der Waals surface area contributed by atoms with Crippen molar-refractivity contribution in [2.24, 2.45) is 28.9 Å². The summed E-state index contributed by atoms with van der Waals surface area (Å²) in [7, 11) is 0. The summed E-state index contributed by atoms with van der Waals surface area (Å²) in [5.41, 5.74) is 6.82. The van der Waals surface area contributed by atoms with E-state index in [9.17, 15) is 14.4 Å². The van der Waals surface area contributed by atoms with Crippen LogP contribution in [0.25, 0.3) is 10.8 Å². The summed E-state index contributed by atoms with van der Waals surface area (Å²) in [5, 5.41) is 4.21. The molecule has 7 rings (SSSR count). The van der Waals surface area contributed by atoms with Crippen LogP contribution < -0.4 is 16.6 Å². The van der Waals surface area contributed by atoms with Crippen molar-refractivity contribution in [3.63, 3.8) is 0 Å². The average Bonchev–Trinajstić information content (AvgIpc) is 3.30. The summed E-state index contributed by atoms with van der Waals surface area (Å²) in [4.78, 5) is 45.7. The van der Waals surface area contributed by atoms with Crippen molar-refractivity contribution in [3.8, 4) is 0 Å². The van der Waals surface area contributed by atoms with Gasteiger partial charge in [0, 0.05) is 47.4 Å². The van der Waals surface area contributed by atoms with Gasteiger partial charge in [0.15, 0.2) is 0 Å². The SMILES string of the molecule is NC(=O)C(Cc1cnc[nH]1)n1ccc2c(NC(=O)CC34CC5CC(CC(C5)C3)C4)cccc2c1=O. The number of nitrogens with zero attached hydrogens (tertiary/aromatic N) is 2.